The second-order valence-electron chi connectivity index (χ2n) is 7.60. The number of nitro benzene ring substituents is 1. The fraction of sp³-hybridized carbons (Fsp3) is 0.400. The van der Waals surface area contributed by atoms with Crippen LogP contribution in [0.4, 0.5) is 5.69 Å². The third-order valence-electron chi connectivity index (χ3n) is 5.54. The Labute approximate surface area is 170 Å². The van der Waals surface area contributed by atoms with Crippen LogP contribution >= 0.6 is 10.6 Å². The van der Waals surface area contributed by atoms with Crippen molar-refractivity contribution in [2.24, 2.45) is 5.92 Å². The van der Waals surface area contributed by atoms with Crippen molar-refractivity contribution in [3.05, 3.63) is 51.4 Å². The van der Waals surface area contributed by atoms with E-state index in [9.17, 15) is 19.7 Å². The number of hydrogen-bond donors (Lipinski definition) is 0. The lowest BCUT2D eigenvalue weighted by Crippen LogP contribution is -2.38. The number of nitrogens with zero attached hydrogens (tertiary/aromatic N) is 2. The molecule has 3 heterocycles. The largest absolute Gasteiger partial charge is 0.354 e. The molecule has 0 N–H and O–H groups in total. The van der Waals surface area contributed by atoms with Crippen LogP contribution in [0.2, 0.25) is 0 Å². The van der Waals surface area contributed by atoms with E-state index < -0.39 is 27.5 Å². The van der Waals surface area contributed by atoms with E-state index in [0.717, 1.165) is 43.7 Å². The summed E-state index contributed by atoms with van der Waals surface area (Å²) in [5.74, 6) is -1.18. The number of rotatable bonds is 3. The molecule has 0 bridgehead atoms. The predicted molar refractivity (Wildman–Crippen MR) is 108 cm³/mol. The first-order valence-corrected chi connectivity index (χ1v) is 11.1. The maximum Gasteiger partial charge on any atom is 0.354 e. The summed E-state index contributed by atoms with van der Waals surface area (Å²) in [6.45, 7) is 6.13. The van der Waals surface area contributed by atoms with Crippen LogP contribution in [0.3, 0.4) is 0 Å². The molecule has 1 aromatic rings. The van der Waals surface area contributed by atoms with Gasteiger partial charge in [0.2, 0.25) is 0 Å². The van der Waals surface area contributed by atoms with E-state index in [1.165, 1.54) is 12.1 Å². The molecule has 1 fully saturated rings. The Morgan fingerprint density at radius 1 is 1.14 bits per heavy atom. The number of carbonyl (C=O) groups excluding carboxylic acids is 2. The number of benzene rings is 1. The van der Waals surface area contributed by atoms with Gasteiger partial charge in [-0.2, -0.15) is 0 Å². The van der Waals surface area contributed by atoms with Crippen LogP contribution in [-0.4, -0.2) is 40.9 Å². The molecule has 29 heavy (non-hydrogen) atoms. The standard InChI is InChI=1S/C20H22N2O6S/c1-13(2)21-9-7-14(8-10-21)17-12-29(27-19(23)5-6-20(24)28-29)18-4-3-15(22(25)26)11-16(17)18/h3-6,11-14H,7-10H2,1-2H3. The van der Waals surface area contributed by atoms with Gasteiger partial charge in [0, 0.05) is 35.9 Å². The molecule has 1 saturated heterocycles. The van der Waals surface area contributed by atoms with Gasteiger partial charge in [-0.15, -0.1) is 0 Å². The maximum absolute atomic E-state index is 12.1. The fourth-order valence-corrected chi connectivity index (χ4v) is 6.46. The highest BCUT2D eigenvalue weighted by molar-refractivity contribution is 8.29. The van der Waals surface area contributed by atoms with Crippen molar-refractivity contribution in [3.8, 4) is 0 Å². The number of fused-ring (bicyclic) bond motifs is 2. The van der Waals surface area contributed by atoms with E-state index in [2.05, 4.69) is 18.7 Å². The minimum Gasteiger partial charge on any atom is -0.332 e. The Morgan fingerprint density at radius 3 is 2.31 bits per heavy atom. The molecule has 154 valence electrons. The van der Waals surface area contributed by atoms with Gasteiger partial charge < -0.3 is 13.3 Å². The average molecular weight is 418 g/mol. The van der Waals surface area contributed by atoms with Crippen LogP contribution in [0.15, 0.2) is 40.7 Å². The van der Waals surface area contributed by atoms with E-state index in [1.54, 1.807) is 11.5 Å². The Morgan fingerprint density at radius 2 is 1.76 bits per heavy atom. The van der Waals surface area contributed by atoms with Crippen LogP contribution in [-0.2, 0) is 18.0 Å². The molecule has 1 spiro atoms. The molecule has 9 heteroatoms. The molecule has 4 rings (SSSR count). The lowest BCUT2D eigenvalue weighted by atomic mass is 9.85. The fourth-order valence-electron chi connectivity index (χ4n) is 4.03. The Balaban J connectivity index is 1.77. The number of likely N-dealkylation sites (tertiary alicyclic amines) is 1. The number of hydrogen-bond acceptors (Lipinski definition) is 7. The summed E-state index contributed by atoms with van der Waals surface area (Å²) in [6, 6.07) is 4.85. The molecule has 0 atom stereocenters. The van der Waals surface area contributed by atoms with Gasteiger partial charge >= 0.3 is 11.9 Å². The third-order valence-corrected chi connectivity index (χ3v) is 7.90. The minimum atomic E-state index is -2.79. The van der Waals surface area contributed by atoms with E-state index >= 15 is 0 Å². The SMILES string of the molecule is CC(C)N1CCC(C2=CS3(OC(=O)C=CC(=O)O3)c3ccc([N+](=O)[O-])cc32)CC1. The summed E-state index contributed by atoms with van der Waals surface area (Å²) in [7, 11) is -2.79. The second-order valence-corrected chi connectivity index (χ2v) is 9.70. The quantitative estimate of drug-likeness (QED) is 0.545. The summed E-state index contributed by atoms with van der Waals surface area (Å²) in [6.07, 6.45) is 3.84. The van der Waals surface area contributed by atoms with Crippen molar-refractivity contribution in [1.82, 2.24) is 4.90 Å². The summed E-state index contributed by atoms with van der Waals surface area (Å²) in [5, 5.41) is 13.1. The van der Waals surface area contributed by atoms with E-state index in [-0.39, 0.29) is 11.6 Å². The molecule has 0 radical (unpaired) electrons. The lowest BCUT2D eigenvalue weighted by molar-refractivity contribution is -0.384. The second kappa shape index (κ2) is 7.31. The van der Waals surface area contributed by atoms with Crippen LogP contribution in [0.25, 0.3) is 5.57 Å². The molecule has 0 aliphatic carbocycles. The predicted octanol–water partition coefficient (Wildman–Crippen LogP) is 3.72. The van der Waals surface area contributed by atoms with Crippen molar-refractivity contribution in [3.63, 3.8) is 0 Å². The topological polar surface area (TPSA) is 99.0 Å². The highest BCUT2D eigenvalue weighted by atomic mass is 32.3. The minimum absolute atomic E-state index is 0.0462. The van der Waals surface area contributed by atoms with E-state index in [0.29, 0.717) is 16.5 Å². The van der Waals surface area contributed by atoms with Crippen molar-refractivity contribution in [2.75, 3.05) is 13.1 Å². The molecule has 0 amide bonds. The molecule has 0 unspecified atom stereocenters. The number of non-ortho nitro benzene ring substituents is 1. The Bertz CT molecular complexity index is 926. The Kier molecular flexibility index (Phi) is 4.95. The molecular weight excluding hydrogens is 396 g/mol. The van der Waals surface area contributed by atoms with Crippen molar-refractivity contribution in [1.29, 1.82) is 0 Å². The van der Waals surface area contributed by atoms with Crippen molar-refractivity contribution in [2.45, 2.75) is 37.6 Å². The summed E-state index contributed by atoms with van der Waals surface area (Å²) < 4.78 is 11.2. The zero-order valence-corrected chi connectivity index (χ0v) is 17.0. The average Bonchev–Trinajstić information content (AvgIpc) is 2.90. The van der Waals surface area contributed by atoms with Crippen LogP contribution in [0, 0.1) is 16.0 Å². The lowest BCUT2D eigenvalue weighted by Gasteiger charge is -2.35. The third kappa shape index (κ3) is 3.56. The van der Waals surface area contributed by atoms with Crippen LogP contribution in [0.5, 0.6) is 0 Å². The Hall–Kier alpha value is -2.65. The molecule has 1 aromatic carbocycles. The van der Waals surface area contributed by atoms with Gasteiger partial charge in [-0.25, -0.2) is 9.59 Å². The van der Waals surface area contributed by atoms with Gasteiger partial charge in [-0.1, -0.05) is 10.6 Å². The summed E-state index contributed by atoms with van der Waals surface area (Å²) in [5.41, 5.74) is 1.46. The van der Waals surface area contributed by atoms with E-state index in [4.69, 9.17) is 8.37 Å². The first kappa shape index (κ1) is 19.7. The number of piperidine rings is 1. The molecular formula is C20H22N2O6S. The zero-order valence-electron chi connectivity index (χ0n) is 16.2. The maximum atomic E-state index is 12.1. The molecule has 3 aliphatic rings. The van der Waals surface area contributed by atoms with E-state index in [1.807, 2.05) is 0 Å². The van der Waals surface area contributed by atoms with Crippen LogP contribution in [0.1, 0.15) is 32.3 Å². The van der Waals surface area contributed by atoms with Gasteiger partial charge in [0.05, 0.1) is 15.2 Å². The number of carbonyl (C=O) groups is 2. The monoisotopic (exact) mass is 418 g/mol. The molecule has 0 saturated carbocycles. The highest BCUT2D eigenvalue weighted by Gasteiger charge is 2.42. The molecule has 3 aliphatic heterocycles. The first-order valence-electron chi connectivity index (χ1n) is 9.52. The first-order chi connectivity index (χ1) is 13.8. The summed E-state index contributed by atoms with van der Waals surface area (Å²) >= 11 is 0. The van der Waals surface area contributed by atoms with Crippen molar-refractivity contribution >= 4 is 33.8 Å². The number of allylic oxidation sites excluding steroid dienone is 1. The van der Waals surface area contributed by atoms with Gasteiger partial charge in [0.25, 0.3) is 5.69 Å². The smallest absolute Gasteiger partial charge is 0.332 e. The normalized spacial score (nSPS) is 22.7. The van der Waals surface area contributed by atoms with Gasteiger partial charge in [-0.3, -0.25) is 10.1 Å². The van der Waals surface area contributed by atoms with Gasteiger partial charge in [-0.05, 0) is 57.3 Å². The zero-order chi connectivity index (χ0) is 20.8. The molecule has 8 nitrogen and oxygen atoms in total. The number of nitro groups is 1. The van der Waals surface area contributed by atoms with Gasteiger partial charge in [0.1, 0.15) is 0 Å². The summed E-state index contributed by atoms with van der Waals surface area (Å²) in [4.78, 5) is 38.0. The van der Waals surface area contributed by atoms with Crippen molar-refractivity contribution < 1.29 is 22.9 Å². The van der Waals surface area contributed by atoms with Crippen LogP contribution < -0.4 is 0 Å². The highest BCUT2D eigenvalue weighted by Crippen LogP contribution is 2.68. The molecule has 0 aromatic heterocycles. The van der Waals surface area contributed by atoms with Gasteiger partial charge in [0.15, 0.2) is 0 Å².